The summed E-state index contributed by atoms with van der Waals surface area (Å²) in [7, 11) is 0. The van der Waals surface area contributed by atoms with Gasteiger partial charge in [-0.05, 0) is 25.0 Å². The van der Waals surface area contributed by atoms with E-state index in [1.54, 1.807) is 5.38 Å². The van der Waals surface area contributed by atoms with Gasteiger partial charge in [0, 0.05) is 24.2 Å². The van der Waals surface area contributed by atoms with Crippen molar-refractivity contribution in [3.05, 3.63) is 40.9 Å². The molecular weight excluding hydrogens is 355 g/mol. The Morgan fingerprint density at radius 2 is 1.92 bits per heavy atom. The average Bonchev–Trinajstić information content (AvgIpc) is 3.09. The second-order valence-electron chi connectivity index (χ2n) is 5.71. The third-order valence-electron chi connectivity index (χ3n) is 3.93. The molecule has 0 aliphatic carbocycles. The Labute approximate surface area is 146 Å². The summed E-state index contributed by atoms with van der Waals surface area (Å²) in [6.07, 6.45) is -3.04. The Morgan fingerprint density at radius 3 is 2.56 bits per heavy atom. The normalized spacial score (nSPS) is 16.0. The van der Waals surface area contributed by atoms with Crippen LogP contribution < -0.4 is 0 Å². The molecule has 1 saturated heterocycles. The van der Waals surface area contributed by atoms with Crippen LogP contribution in [-0.4, -0.2) is 24.2 Å². The van der Waals surface area contributed by atoms with Crippen LogP contribution in [0.1, 0.15) is 24.1 Å². The van der Waals surface area contributed by atoms with Crippen molar-refractivity contribution < 1.29 is 27.4 Å². The van der Waals surface area contributed by atoms with Gasteiger partial charge in [0.05, 0.1) is 17.2 Å². The van der Waals surface area contributed by atoms with E-state index >= 15 is 0 Å². The van der Waals surface area contributed by atoms with E-state index in [-0.39, 0.29) is 18.5 Å². The number of hydrogen-bond donors (Lipinski definition) is 0. The molecule has 3 rings (SSSR count). The van der Waals surface area contributed by atoms with E-state index in [0.29, 0.717) is 42.3 Å². The summed E-state index contributed by atoms with van der Waals surface area (Å²) in [5.74, 6) is -0.394. The first-order chi connectivity index (χ1) is 11.9. The molecule has 0 bridgehead atoms. The number of hydrogen-bond acceptors (Lipinski definition) is 5. The van der Waals surface area contributed by atoms with Crippen LogP contribution in [0.15, 0.2) is 29.6 Å². The second-order valence-corrected chi connectivity index (χ2v) is 6.57. The predicted octanol–water partition coefficient (Wildman–Crippen LogP) is 4.30. The molecule has 134 valence electrons. The lowest BCUT2D eigenvalue weighted by molar-refractivity contribution is -0.153. The summed E-state index contributed by atoms with van der Waals surface area (Å²) in [5, 5.41) is 2.33. The van der Waals surface area contributed by atoms with Crippen LogP contribution >= 0.6 is 11.3 Å². The van der Waals surface area contributed by atoms with E-state index in [0.717, 1.165) is 12.1 Å². The molecule has 0 atom stereocenters. The van der Waals surface area contributed by atoms with Gasteiger partial charge < -0.3 is 9.47 Å². The maximum Gasteiger partial charge on any atom is 0.416 e. The molecule has 1 aliphatic rings. The van der Waals surface area contributed by atoms with Crippen molar-refractivity contribution in [1.82, 2.24) is 4.98 Å². The highest BCUT2D eigenvalue weighted by Gasteiger charge is 2.30. The van der Waals surface area contributed by atoms with Gasteiger partial charge in [0.2, 0.25) is 0 Å². The Balaban J connectivity index is 1.59. The fourth-order valence-electron chi connectivity index (χ4n) is 2.50. The maximum atomic E-state index is 12.6. The molecule has 0 radical (unpaired) electrons. The zero-order valence-electron chi connectivity index (χ0n) is 13.2. The summed E-state index contributed by atoms with van der Waals surface area (Å²) in [6.45, 7) is 1.19. The van der Waals surface area contributed by atoms with Gasteiger partial charge in [-0.1, -0.05) is 12.1 Å². The third-order valence-corrected chi connectivity index (χ3v) is 4.87. The summed E-state index contributed by atoms with van der Waals surface area (Å²) in [4.78, 5) is 16.3. The summed E-state index contributed by atoms with van der Waals surface area (Å²) in [6, 6.07) is 4.84. The number of carbonyl (C=O) groups is 1. The zero-order valence-corrected chi connectivity index (χ0v) is 14.0. The van der Waals surface area contributed by atoms with Crippen LogP contribution in [0.2, 0.25) is 0 Å². The van der Waals surface area contributed by atoms with Gasteiger partial charge in [-0.3, -0.25) is 4.79 Å². The first kappa shape index (κ1) is 17.9. The molecule has 25 heavy (non-hydrogen) atoms. The number of esters is 1. The highest BCUT2D eigenvalue weighted by atomic mass is 32.1. The average molecular weight is 371 g/mol. The monoisotopic (exact) mass is 371 g/mol. The van der Waals surface area contributed by atoms with Crippen molar-refractivity contribution in [1.29, 1.82) is 0 Å². The lowest BCUT2D eigenvalue weighted by atomic mass is 10.0. The highest BCUT2D eigenvalue weighted by molar-refractivity contribution is 7.13. The van der Waals surface area contributed by atoms with Crippen molar-refractivity contribution >= 4 is 17.3 Å². The molecule has 0 N–H and O–H groups in total. The van der Waals surface area contributed by atoms with Gasteiger partial charge in [0.1, 0.15) is 11.6 Å². The Morgan fingerprint density at radius 1 is 1.24 bits per heavy atom. The topological polar surface area (TPSA) is 48.4 Å². The van der Waals surface area contributed by atoms with Crippen LogP contribution in [-0.2, 0) is 27.1 Å². The fraction of sp³-hybridized carbons (Fsp3) is 0.412. The third kappa shape index (κ3) is 4.58. The molecular formula is C17H16F3NO3S. The highest BCUT2D eigenvalue weighted by Crippen LogP contribution is 2.31. The number of ether oxygens (including phenoxy) is 2. The van der Waals surface area contributed by atoms with Crippen molar-refractivity contribution in [2.75, 3.05) is 13.2 Å². The van der Waals surface area contributed by atoms with E-state index < -0.39 is 11.7 Å². The molecule has 1 aromatic carbocycles. The molecule has 0 spiro atoms. The Kier molecular flexibility index (Phi) is 5.39. The van der Waals surface area contributed by atoms with Crippen LogP contribution in [0.5, 0.6) is 0 Å². The van der Waals surface area contributed by atoms with Crippen LogP contribution in [0.4, 0.5) is 13.2 Å². The Bertz CT molecular complexity index is 721. The van der Waals surface area contributed by atoms with Gasteiger partial charge in [0.15, 0.2) is 0 Å². The summed E-state index contributed by atoms with van der Waals surface area (Å²) >= 11 is 1.30. The summed E-state index contributed by atoms with van der Waals surface area (Å²) < 4.78 is 48.2. The van der Waals surface area contributed by atoms with E-state index in [1.807, 2.05) is 0 Å². The van der Waals surface area contributed by atoms with Gasteiger partial charge in [0.25, 0.3) is 0 Å². The first-order valence-corrected chi connectivity index (χ1v) is 8.68. The molecule has 1 fully saturated rings. The lowest BCUT2D eigenvalue weighted by Crippen LogP contribution is -2.25. The van der Waals surface area contributed by atoms with Crippen LogP contribution in [0.3, 0.4) is 0 Å². The molecule has 1 aromatic heterocycles. The molecule has 2 heterocycles. The van der Waals surface area contributed by atoms with Crippen LogP contribution in [0, 0.1) is 5.92 Å². The smallest absolute Gasteiger partial charge is 0.416 e. The minimum absolute atomic E-state index is 0.0628. The molecule has 4 nitrogen and oxygen atoms in total. The number of rotatable bonds is 4. The number of carbonyl (C=O) groups excluding carboxylic acids is 1. The van der Waals surface area contributed by atoms with Crippen LogP contribution in [0.25, 0.3) is 10.6 Å². The molecule has 1 aliphatic heterocycles. The van der Waals surface area contributed by atoms with Crippen molar-refractivity contribution in [3.8, 4) is 10.6 Å². The van der Waals surface area contributed by atoms with E-state index in [2.05, 4.69) is 4.98 Å². The molecule has 2 aromatic rings. The quantitative estimate of drug-likeness (QED) is 0.752. The number of thiazole rings is 1. The SMILES string of the molecule is O=C(OCc1csc(-c2ccc(C(F)(F)F)cc2)n1)C1CCOCC1. The van der Waals surface area contributed by atoms with E-state index in [1.165, 1.54) is 23.5 Å². The minimum Gasteiger partial charge on any atom is -0.459 e. The van der Waals surface area contributed by atoms with Gasteiger partial charge >= 0.3 is 12.1 Å². The van der Waals surface area contributed by atoms with Crippen molar-refractivity contribution in [2.45, 2.75) is 25.6 Å². The number of halogens is 3. The van der Waals surface area contributed by atoms with Gasteiger partial charge in [-0.2, -0.15) is 13.2 Å². The van der Waals surface area contributed by atoms with Gasteiger partial charge in [-0.25, -0.2) is 4.98 Å². The standard InChI is InChI=1S/C17H16F3NO3S/c18-17(19,20)13-3-1-11(2-4-13)15-21-14(10-25-15)9-24-16(22)12-5-7-23-8-6-12/h1-4,10,12H,5-9H2. The number of aromatic nitrogens is 1. The largest absolute Gasteiger partial charge is 0.459 e. The van der Waals surface area contributed by atoms with Crippen molar-refractivity contribution in [2.24, 2.45) is 5.92 Å². The number of alkyl halides is 3. The number of benzene rings is 1. The van der Waals surface area contributed by atoms with E-state index in [4.69, 9.17) is 9.47 Å². The minimum atomic E-state index is -4.36. The van der Waals surface area contributed by atoms with Gasteiger partial charge in [-0.15, -0.1) is 11.3 Å². The summed E-state index contributed by atoms with van der Waals surface area (Å²) in [5.41, 5.74) is 0.485. The maximum absolute atomic E-state index is 12.6. The number of nitrogens with zero attached hydrogens (tertiary/aromatic N) is 1. The van der Waals surface area contributed by atoms with Crippen molar-refractivity contribution in [3.63, 3.8) is 0 Å². The predicted molar refractivity (Wildman–Crippen MR) is 85.9 cm³/mol. The molecule has 0 amide bonds. The molecule has 8 heteroatoms. The fourth-order valence-corrected chi connectivity index (χ4v) is 3.31. The first-order valence-electron chi connectivity index (χ1n) is 7.80. The zero-order chi connectivity index (χ0) is 17.9. The second kappa shape index (κ2) is 7.53. The molecule has 0 unspecified atom stereocenters. The lowest BCUT2D eigenvalue weighted by Gasteiger charge is -2.20. The van der Waals surface area contributed by atoms with E-state index in [9.17, 15) is 18.0 Å². The molecule has 0 saturated carbocycles. The Hall–Kier alpha value is -1.93.